The number of nitrogens with zero attached hydrogens (tertiary/aromatic N) is 2. The minimum absolute atomic E-state index is 0.0745. The van der Waals surface area contributed by atoms with Crippen molar-refractivity contribution >= 4 is 11.6 Å². The van der Waals surface area contributed by atoms with Gasteiger partial charge in [0.2, 0.25) is 0 Å². The number of hydrogen-bond donors (Lipinski definition) is 2. The van der Waals surface area contributed by atoms with E-state index in [0.29, 0.717) is 24.5 Å². The number of anilines is 1. The minimum atomic E-state index is -0.730. The van der Waals surface area contributed by atoms with Crippen LogP contribution in [-0.4, -0.2) is 39.2 Å². The molecule has 1 aromatic rings. The summed E-state index contributed by atoms with van der Waals surface area (Å²) in [4.78, 5) is 13.8. The fraction of sp³-hybridized carbons (Fsp3) is 0.583. The van der Waals surface area contributed by atoms with Crippen LogP contribution in [-0.2, 0) is 7.05 Å². The Morgan fingerprint density at radius 2 is 2.12 bits per heavy atom. The van der Waals surface area contributed by atoms with Crippen molar-refractivity contribution in [1.29, 1.82) is 0 Å². The van der Waals surface area contributed by atoms with Crippen molar-refractivity contribution in [3.05, 3.63) is 18.0 Å². The molecule has 0 aromatic carbocycles. The van der Waals surface area contributed by atoms with Gasteiger partial charge in [0, 0.05) is 13.2 Å². The van der Waals surface area contributed by atoms with Gasteiger partial charge in [0.05, 0.1) is 18.8 Å². The van der Waals surface area contributed by atoms with E-state index in [1.807, 2.05) is 13.8 Å². The molecule has 17 heavy (non-hydrogen) atoms. The predicted octanol–water partition coefficient (Wildman–Crippen LogP) is 0.450. The normalized spacial score (nSPS) is 18.3. The molecule has 1 amide bonds. The van der Waals surface area contributed by atoms with Crippen LogP contribution in [0.5, 0.6) is 0 Å². The third-order valence-electron chi connectivity index (χ3n) is 3.54. The van der Waals surface area contributed by atoms with Crippen molar-refractivity contribution in [3.8, 4) is 0 Å². The van der Waals surface area contributed by atoms with E-state index < -0.39 is 5.60 Å². The second-order valence-electron chi connectivity index (χ2n) is 5.19. The monoisotopic (exact) mass is 237 g/mol. The van der Waals surface area contributed by atoms with Crippen LogP contribution < -0.4 is 5.73 Å². The number of β-amino-alcohol motifs (C(OH)–C–C–N with tert-alkyl or cyclic N) is 1. The Kier molecular flexibility index (Phi) is 2.66. The molecule has 0 atom stereocenters. The van der Waals surface area contributed by atoms with Crippen molar-refractivity contribution in [2.45, 2.75) is 19.4 Å². The first-order valence-corrected chi connectivity index (χ1v) is 5.77. The third kappa shape index (κ3) is 1.91. The number of aromatic nitrogens is 1. The largest absolute Gasteiger partial charge is 0.397 e. The fourth-order valence-electron chi connectivity index (χ4n) is 2.09. The standard InChI is InChI=1S/C12H19N3O2/c1-8(2)12(17)6-15(7-12)11(16)10-4-9(13)5-14(10)3/h4-5,8,17H,6-7,13H2,1-3H3. The molecule has 94 valence electrons. The first-order chi connectivity index (χ1) is 7.83. The molecule has 2 rings (SSSR count). The lowest BCUT2D eigenvalue weighted by atomic mass is 9.83. The van der Waals surface area contributed by atoms with Crippen LogP contribution >= 0.6 is 0 Å². The van der Waals surface area contributed by atoms with Crippen LogP contribution in [0.2, 0.25) is 0 Å². The minimum Gasteiger partial charge on any atom is -0.397 e. The summed E-state index contributed by atoms with van der Waals surface area (Å²) in [6.45, 7) is 4.72. The molecule has 5 nitrogen and oxygen atoms in total. The van der Waals surface area contributed by atoms with Gasteiger partial charge in [-0.15, -0.1) is 0 Å². The van der Waals surface area contributed by atoms with E-state index in [1.165, 1.54) is 0 Å². The van der Waals surface area contributed by atoms with E-state index in [9.17, 15) is 9.90 Å². The zero-order valence-electron chi connectivity index (χ0n) is 10.5. The maximum absolute atomic E-state index is 12.1. The maximum Gasteiger partial charge on any atom is 0.270 e. The van der Waals surface area contributed by atoms with E-state index in [1.54, 1.807) is 28.8 Å². The number of likely N-dealkylation sites (tertiary alicyclic amines) is 1. The van der Waals surface area contributed by atoms with Crippen LogP contribution in [0, 0.1) is 5.92 Å². The second-order valence-corrected chi connectivity index (χ2v) is 5.19. The number of rotatable bonds is 2. The highest BCUT2D eigenvalue weighted by atomic mass is 16.3. The quantitative estimate of drug-likeness (QED) is 0.784. The van der Waals surface area contributed by atoms with E-state index in [-0.39, 0.29) is 11.8 Å². The van der Waals surface area contributed by atoms with Crippen LogP contribution in [0.4, 0.5) is 5.69 Å². The number of aliphatic hydroxyl groups is 1. The summed E-state index contributed by atoms with van der Waals surface area (Å²) in [5.41, 5.74) is 6.05. The van der Waals surface area contributed by atoms with Gasteiger partial charge in [-0.05, 0) is 12.0 Å². The molecule has 0 aliphatic carbocycles. The van der Waals surface area contributed by atoms with E-state index in [2.05, 4.69) is 0 Å². The zero-order chi connectivity index (χ0) is 12.8. The second kappa shape index (κ2) is 3.77. The number of carbonyl (C=O) groups is 1. The summed E-state index contributed by atoms with van der Waals surface area (Å²) >= 11 is 0. The van der Waals surface area contributed by atoms with Gasteiger partial charge in [-0.3, -0.25) is 4.79 Å². The highest BCUT2D eigenvalue weighted by Crippen LogP contribution is 2.30. The van der Waals surface area contributed by atoms with Crippen molar-refractivity contribution in [3.63, 3.8) is 0 Å². The van der Waals surface area contributed by atoms with Crippen LogP contribution in [0.3, 0.4) is 0 Å². The van der Waals surface area contributed by atoms with Crippen molar-refractivity contribution in [2.24, 2.45) is 13.0 Å². The molecule has 1 fully saturated rings. The Hall–Kier alpha value is -1.49. The Labute approximate surface area is 101 Å². The van der Waals surface area contributed by atoms with Gasteiger partial charge < -0.3 is 20.3 Å². The Morgan fingerprint density at radius 1 is 1.53 bits per heavy atom. The molecule has 0 bridgehead atoms. The zero-order valence-corrected chi connectivity index (χ0v) is 10.5. The first-order valence-electron chi connectivity index (χ1n) is 5.77. The number of nitrogen functional groups attached to an aromatic ring is 1. The van der Waals surface area contributed by atoms with Gasteiger partial charge >= 0.3 is 0 Å². The lowest BCUT2D eigenvalue weighted by Gasteiger charge is -2.48. The average Bonchev–Trinajstić information content (AvgIpc) is 2.51. The molecule has 1 aliphatic heterocycles. The van der Waals surface area contributed by atoms with Crippen molar-refractivity contribution in [2.75, 3.05) is 18.8 Å². The summed E-state index contributed by atoms with van der Waals surface area (Å²) in [6.07, 6.45) is 1.71. The molecular weight excluding hydrogens is 218 g/mol. The van der Waals surface area contributed by atoms with Gasteiger partial charge in [0.25, 0.3) is 5.91 Å². The first kappa shape index (κ1) is 12.0. The number of nitrogens with two attached hydrogens (primary N) is 1. The molecule has 1 saturated heterocycles. The topological polar surface area (TPSA) is 71.5 Å². The summed E-state index contributed by atoms with van der Waals surface area (Å²) in [5.74, 6) is 0.0829. The van der Waals surface area contributed by atoms with Crippen molar-refractivity contribution in [1.82, 2.24) is 9.47 Å². The van der Waals surface area contributed by atoms with E-state index in [0.717, 1.165) is 0 Å². The van der Waals surface area contributed by atoms with Gasteiger partial charge in [-0.25, -0.2) is 0 Å². The summed E-state index contributed by atoms with van der Waals surface area (Å²) < 4.78 is 1.71. The molecular formula is C12H19N3O2. The molecule has 0 saturated carbocycles. The molecule has 1 aromatic heterocycles. The van der Waals surface area contributed by atoms with Crippen LogP contribution in [0.1, 0.15) is 24.3 Å². The summed E-state index contributed by atoms with van der Waals surface area (Å²) in [7, 11) is 1.79. The predicted molar refractivity (Wildman–Crippen MR) is 65.5 cm³/mol. The molecule has 2 heterocycles. The maximum atomic E-state index is 12.1. The van der Waals surface area contributed by atoms with Crippen molar-refractivity contribution < 1.29 is 9.90 Å². The Balaban J connectivity index is 2.08. The molecule has 3 N–H and O–H groups in total. The molecule has 0 spiro atoms. The average molecular weight is 237 g/mol. The number of aryl methyl sites for hydroxylation is 1. The van der Waals surface area contributed by atoms with Crippen LogP contribution in [0.15, 0.2) is 12.3 Å². The Bertz CT molecular complexity index is 445. The number of amides is 1. The summed E-state index contributed by atoms with van der Waals surface area (Å²) in [5, 5.41) is 10.1. The van der Waals surface area contributed by atoms with Crippen LogP contribution in [0.25, 0.3) is 0 Å². The lowest BCUT2D eigenvalue weighted by molar-refractivity contribution is -0.111. The fourth-order valence-corrected chi connectivity index (χ4v) is 2.09. The van der Waals surface area contributed by atoms with Gasteiger partial charge in [-0.2, -0.15) is 0 Å². The molecule has 0 unspecified atom stereocenters. The van der Waals surface area contributed by atoms with Gasteiger partial charge in [-0.1, -0.05) is 13.8 Å². The number of carbonyl (C=O) groups excluding carboxylic acids is 1. The molecule has 5 heteroatoms. The highest BCUT2D eigenvalue weighted by Gasteiger charge is 2.46. The Morgan fingerprint density at radius 3 is 2.53 bits per heavy atom. The lowest BCUT2D eigenvalue weighted by Crippen LogP contribution is -2.66. The summed E-state index contributed by atoms with van der Waals surface area (Å²) in [6, 6.07) is 1.66. The number of hydrogen-bond acceptors (Lipinski definition) is 3. The highest BCUT2D eigenvalue weighted by molar-refractivity contribution is 5.94. The van der Waals surface area contributed by atoms with E-state index >= 15 is 0 Å². The smallest absolute Gasteiger partial charge is 0.270 e. The third-order valence-corrected chi connectivity index (χ3v) is 3.54. The van der Waals surface area contributed by atoms with Gasteiger partial charge in [0.1, 0.15) is 11.3 Å². The molecule has 1 aliphatic rings. The van der Waals surface area contributed by atoms with Gasteiger partial charge in [0.15, 0.2) is 0 Å². The molecule has 0 radical (unpaired) electrons. The SMILES string of the molecule is CC(C)C1(O)CN(C(=O)c2cc(N)cn2C)C1. The van der Waals surface area contributed by atoms with E-state index in [4.69, 9.17) is 5.73 Å².